The Morgan fingerprint density at radius 2 is 2.19 bits per heavy atom. The molecule has 2 rings (SSSR count). The number of hydrogen-bond acceptors (Lipinski definition) is 4. The molecule has 0 radical (unpaired) electrons. The van der Waals surface area contributed by atoms with Crippen LogP contribution in [0.4, 0.5) is 0 Å². The Labute approximate surface area is 99.3 Å². The van der Waals surface area contributed by atoms with Gasteiger partial charge in [-0.2, -0.15) is 0 Å². The van der Waals surface area contributed by atoms with Crippen LogP contribution in [0.5, 0.6) is 0 Å². The van der Waals surface area contributed by atoms with Gasteiger partial charge in [-0.05, 0) is 12.8 Å². The number of nitrogens with zero attached hydrogens (tertiary/aromatic N) is 3. The van der Waals surface area contributed by atoms with Crippen molar-refractivity contribution in [2.24, 2.45) is 0 Å². The van der Waals surface area contributed by atoms with Crippen LogP contribution < -0.4 is 0 Å². The van der Waals surface area contributed by atoms with Gasteiger partial charge in [0.15, 0.2) is 5.65 Å². The van der Waals surface area contributed by atoms with E-state index >= 15 is 0 Å². The molecular formula is C11H16N4S. The maximum Gasteiger partial charge on any atom is 0.181 e. The summed E-state index contributed by atoms with van der Waals surface area (Å²) in [5.74, 6) is 0. The van der Waals surface area contributed by atoms with E-state index in [2.05, 4.69) is 33.8 Å². The third-order valence-corrected chi connectivity index (χ3v) is 3.97. The predicted octanol–water partition coefficient (Wildman–Crippen LogP) is 3.02. The van der Waals surface area contributed by atoms with Gasteiger partial charge in [0, 0.05) is 5.25 Å². The molecule has 0 bridgehead atoms. The zero-order valence-corrected chi connectivity index (χ0v) is 10.4. The fourth-order valence-electron chi connectivity index (χ4n) is 1.66. The number of imidazole rings is 1. The van der Waals surface area contributed by atoms with Crippen molar-refractivity contribution in [2.75, 3.05) is 0 Å². The standard InChI is InChI=1S/C11H16N4S/c1-3-5-8(4-2)16-11-9-10(13-6-12-9)14-7-15-11/h6-8H,3-5H2,1-2H3,(H,12,13,14,15). The maximum atomic E-state index is 4.33. The van der Waals surface area contributed by atoms with Gasteiger partial charge < -0.3 is 4.98 Å². The molecule has 1 atom stereocenters. The van der Waals surface area contributed by atoms with Gasteiger partial charge in [0.25, 0.3) is 0 Å². The van der Waals surface area contributed by atoms with Crippen LogP contribution >= 0.6 is 11.8 Å². The van der Waals surface area contributed by atoms with E-state index in [1.807, 2.05) is 11.8 Å². The number of thioether (sulfide) groups is 1. The Balaban J connectivity index is 2.22. The van der Waals surface area contributed by atoms with Crippen molar-refractivity contribution in [2.45, 2.75) is 43.4 Å². The average Bonchev–Trinajstić information content (AvgIpc) is 2.77. The van der Waals surface area contributed by atoms with Crippen LogP contribution in [0.1, 0.15) is 33.1 Å². The number of fused-ring (bicyclic) bond motifs is 1. The summed E-state index contributed by atoms with van der Waals surface area (Å²) in [6.07, 6.45) is 6.86. The second-order valence-electron chi connectivity index (χ2n) is 3.72. The maximum absolute atomic E-state index is 4.33. The first kappa shape index (κ1) is 11.4. The van der Waals surface area contributed by atoms with Crippen LogP contribution in [-0.4, -0.2) is 25.2 Å². The molecule has 0 amide bonds. The molecule has 0 aliphatic carbocycles. The number of rotatable bonds is 5. The summed E-state index contributed by atoms with van der Waals surface area (Å²) in [6.45, 7) is 4.44. The monoisotopic (exact) mass is 236 g/mol. The summed E-state index contributed by atoms with van der Waals surface area (Å²) >= 11 is 1.83. The third kappa shape index (κ3) is 2.35. The fourth-order valence-corrected chi connectivity index (χ4v) is 2.87. The van der Waals surface area contributed by atoms with Crippen LogP contribution in [0.3, 0.4) is 0 Å². The molecule has 0 saturated carbocycles. The highest BCUT2D eigenvalue weighted by atomic mass is 32.2. The van der Waals surface area contributed by atoms with E-state index in [-0.39, 0.29) is 0 Å². The summed E-state index contributed by atoms with van der Waals surface area (Å²) in [7, 11) is 0. The summed E-state index contributed by atoms with van der Waals surface area (Å²) in [6, 6.07) is 0. The van der Waals surface area contributed by atoms with E-state index in [1.54, 1.807) is 12.7 Å². The summed E-state index contributed by atoms with van der Waals surface area (Å²) in [5, 5.41) is 1.65. The lowest BCUT2D eigenvalue weighted by molar-refractivity contribution is 0.718. The second-order valence-corrected chi connectivity index (χ2v) is 5.01. The molecule has 0 fully saturated rings. The van der Waals surface area contributed by atoms with Crippen LogP contribution in [-0.2, 0) is 0 Å². The molecule has 16 heavy (non-hydrogen) atoms. The minimum atomic E-state index is 0.631. The van der Waals surface area contributed by atoms with Gasteiger partial charge in [-0.25, -0.2) is 15.0 Å². The first-order chi connectivity index (χ1) is 7.85. The smallest absolute Gasteiger partial charge is 0.181 e. The molecule has 2 heterocycles. The molecular weight excluding hydrogens is 220 g/mol. The molecule has 0 spiro atoms. The van der Waals surface area contributed by atoms with Gasteiger partial charge in [-0.15, -0.1) is 11.8 Å². The van der Waals surface area contributed by atoms with Crippen molar-refractivity contribution in [3.8, 4) is 0 Å². The molecule has 0 saturated heterocycles. The Hall–Kier alpha value is -1.10. The number of nitrogens with one attached hydrogen (secondary N) is 1. The number of aromatic amines is 1. The minimum Gasteiger partial charge on any atom is -0.341 e. The lowest BCUT2D eigenvalue weighted by atomic mass is 10.2. The van der Waals surface area contributed by atoms with Crippen molar-refractivity contribution in [1.29, 1.82) is 0 Å². The Bertz CT molecular complexity index is 454. The van der Waals surface area contributed by atoms with Gasteiger partial charge in [0.05, 0.1) is 6.33 Å². The first-order valence-electron chi connectivity index (χ1n) is 5.65. The van der Waals surface area contributed by atoms with E-state index in [9.17, 15) is 0 Å². The number of H-pyrrole nitrogens is 1. The van der Waals surface area contributed by atoms with Crippen molar-refractivity contribution < 1.29 is 0 Å². The quantitative estimate of drug-likeness (QED) is 0.640. The summed E-state index contributed by atoms with van der Waals surface area (Å²) < 4.78 is 0. The van der Waals surface area contributed by atoms with Gasteiger partial charge in [0.1, 0.15) is 16.9 Å². The summed E-state index contributed by atoms with van der Waals surface area (Å²) in [4.78, 5) is 15.7. The molecule has 86 valence electrons. The van der Waals surface area contributed by atoms with Gasteiger partial charge in [0.2, 0.25) is 0 Å². The lowest BCUT2D eigenvalue weighted by Gasteiger charge is -2.12. The SMILES string of the molecule is CCCC(CC)Sc1ncnc2nc[nH]c12. The number of hydrogen-bond donors (Lipinski definition) is 1. The van der Waals surface area contributed by atoms with Crippen molar-refractivity contribution in [3.05, 3.63) is 12.7 Å². The highest BCUT2D eigenvalue weighted by Gasteiger charge is 2.12. The Kier molecular flexibility index (Phi) is 3.77. The summed E-state index contributed by atoms with van der Waals surface area (Å²) in [5.41, 5.74) is 1.71. The van der Waals surface area contributed by atoms with Crippen LogP contribution in [0, 0.1) is 0 Å². The average molecular weight is 236 g/mol. The zero-order chi connectivity index (χ0) is 11.4. The van der Waals surface area contributed by atoms with E-state index in [4.69, 9.17) is 0 Å². The van der Waals surface area contributed by atoms with Crippen molar-refractivity contribution in [1.82, 2.24) is 19.9 Å². The van der Waals surface area contributed by atoms with Crippen LogP contribution in [0.25, 0.3) is 11.2 Å². The second kappa shape index (κ2) is 5.30. The van der Waals surface area contributed by atoms with Crippen LogP contribution in [0.15, 0.2) is 17.7 Å². The molecule has 2 aromatic heterocycles. The first-order valence-corrected chi connectivity index (χ1v) is 6.53. The molecule has 1 N–H and O–H groups in total. The van der Waals surface area contributed by atoms with Gasteiger partial charge in [-0.1, -0.05) is 20.3 Å². The molecule has 2 aromatic rings. The predicted molar refractivity (Wildman–Crippen MR) is 66.5 cm³/mol. The highest BCUT2D eigenvalue weighted by Crippen LogP contribution is 2.29. The lowest BCUT2D eigenvalue weighted by Crippen LogP contribution is -2.01. The topological polar surface area (TPSA) is 54.5 Å². The molecule has 5 heteroatoms. The van der Waals surface area contributed by atoms with Crippen molar-refractivity contribution >= 4 is 22.9 Å². The normalized spacial score (nSPS) is 13.1. The van der Waals surface area contributed by atoms with Gasteiger partial charge >= 0.3 is 0 Å². The molecule has 0 aromatic carbocycles. The van der Waals surface area contributed by atoms with E-state index in [0.717, 1.165) is 22.6 Å². The van der Waals surface area contributed by atoms with Crippen LogP contribution in [0.2, 0.25) is 0 Å². The largest absolute Gasteiger partial charge is 0.341 e. The van der Waals surface area contributed by atoms with E-state index in [0.29, 0.717) is 5.25 Å². The Morgan fingerprint density at radius 3 is 2.94 bits per heavy atom. The Morgan fingerprint density at radius 1 is 1.31 bits per heavy atom. The minimum absolute atomic E-state index is 0.631. The highest BCUT2D eigenvalue weighted by molar-refractivity contribution is 8.00. The van der Waals surface area contributed by atoms with E-state index in [1.165, 1.54) is 12.8 Å². The fraction of sp³-hybridized carbons (Fsp3) is 0.545. The van der Waals surface area contributed by atoms with E-state index < -0.39 is 0 Å². The number of aromatic nitrogens is 4. The third-order valence-electron chi connectivity index (χ3n) is 2.53. The zero-order valence-electron chi connectivity index (χ0n) is 9.60. The van der Waals surface area contributed by atoms with Gasteiger partial charge in [-0.3, -0.25) is 0 Å². The molecule has 4 nitrogen and oxygen atoms in total. The molecule has 0 aliphatic heterocycles. The van der Waals surface area contributed by atoms with Crippen molar-refractivity contribution in [3.63, 3.8) is 0 Å². The molecule has 0 aliphatic rings. The molecule has 1 unspecified atom stereocenters.